The maximum absolute atomic E-state index is 12.6. The number of carbonyl (C=O) groups excluding carboxylic acids is 2. The minimum atomic E-state index is -0.260. The molecule has 5 nitrogen and oxygen atoms in total. The van der Waals surface area contributed by atoms with Crippen LogP contribution in [-0.4, -0.2) is 36.0 Å². The lowest BCUT2D eigenvalue weighted by Gasteiger charge is -2.30. The summed E-state index contributed by atoms with van der Waals surface area (Å²) in [6.45, 7) is 9.14. The first-order valence-electron chi connectivity index (χ1n) is 9.19. The van der Waals surface area contributed by atoms with Crippen molar-refractivity contribution in [3.8, 4) is 0 Å². The molecule has 1 aliphatic rings. The predicted molar refractivity (Wildman–Crippen MR) is 96.4 cm³/mol. The Morgan fingerprint density at radius 2 is 2.00 bits per heavy atom. The van der Waals surface area contributed by atoms with Crippen molar-refractivity contribution in [3.63, 3.8) is 0 Å². The Morgan fingerprint density at radius 1 is 1.29 bits per heavy atom. The van der Waals surface area contributed by atoms with Crippen molar-refractivity contribution in [1.82, 2.24) is 10.6 Å². The molecule has 0 fully saturated rings. The molecule has 3 N–H and O–H groups in total. The Hall–Kier alpha value is -1.20. The molecule has 0 saturated carbocycles. The number of rotatable bonds is 10. The zero-order chi connectivity index (χ0) is 18.2. The summed E-state index contributed by atoms with van der Waals surface area (Å²) in [7, 11) is 0. The molecule has 1 rings (SSSR count). The minimum Gasteiger partial charge on any atom is -0.396 e. The monoisotopic (exact) mass is 338 g/mol. The summed E-state index contributed by atoms with van der Waals surface area (Å²) in [6.07, 6.45) is 6.21. The summed E-state index contributed by atoms with van der Waals surface area (Å²) in [5.74, 6) is 0.388. The van der Waals surface area contributed by atoms with Gasteiger partial charge in [-0.05, 0) is 37.1 Å². The number of hydrogen-bond acceptors (Lipinski definition) is 4. The van der Waals surface area contributed by atoms with Crippen LogP contribution in [0.1, 0.15) is 66.2 Å². The lowest BCUT2D eigenvalue weighted by molar-refractivity contribution is -0.122. The van der Waals surface area contributed by atoms with Crippen LogP contribution in [0.25, 0.3) is 0 Å². The molecule has 0 spiro atoms. The molecule has 0 aromatic heterocycles. The van der Waals surface area contributed by atoms with Crippen LogP contribution in [0, 0.1) is 11.3 Å². The van der Waals surface area contributed by atoms with E-state index in [2.05, 4.69) is 24.5 Å². The van der Waals surface area contributed by atoms with Crippen LogP contribution in [0.4, 0.5) is 0 Å². The third-order valence-corrected chi connectivity index (χ3v) is 4.60. The van der Waals surface area contributed by atoms with E-state index in [9.17, 15) is 9.59 Å². The SMILES string of the molecule is CCC[C@H](NCC(CC)CCO)C(=O)NC1=CC(=O)CC(C)(C)C1. The molecule has 1 amide bonds. The summed E-state index contributed by atoms with van der Waals surface area (Å²) >= 11 is 0. The number of nitrogens with one attached hydrogen (secondary N) is 2. The van der Waals surface area contributed by atoms with Gasteiger partial charge in [-0.25, -0.2) is 0 Å². The summed E-state index contributed by atoms with van der Waals surface area (Å²) in [6, 6.07) is -0.260. The van der Waals surface area contributed by atoms with Gasteiger partial charge < -0.3 is 15.7 Å². The van der Waals surface area contributed by atoms with E-state index in [1.165, 1.54) is 0 Å². The maximum Gasteiger partial charge on any atom is 0.241 e. The number of allylic oxidation sites excluding steroid dienone is 2. The molecule has 138 valence electrons. The highest BCUT2D eigenvalue weighted by molar-refractivity contribution is 5.93. The molecule has 0 aromatic rings. The maximum atomic E-state index is 12.6. The van der Waals surface area contributed by atoms with Crippen molar-refractivity contribution in [2.24, 2.45) is 11.3 Å². The Kier molecular flexibility index (Phi) is 8.63. The number of aliphatic hydroxyl groups is 1. The van der Waals surface area contributed by atoms with Crippen molar-refractivity contribution in [2.75, 3.05) is 13.2 Å². The number of aliphatic hydroxyl groups excluding tert-OH is 1. The fourth-order valence-electron chi connectivity index (χ4n) is 3.23. The highest BCUT2D eigenvalue weighted by Gasteiger charge is 2.29. The summed E-state index contributed by atoms with van der Waals surface area (Å²) < 4.78 is 0. The lowest BCUT2D eigenvalue weighted by Crippen LogP contribution is -2.46. The molecule has 0 heterocycles. The van der Waals surface area contributed by atoms with Gasteiger partial charge in [0, 0.05) is 24.8 Å². The van der Waals surface area contributed by atoms with E-state index >= 15 is 0 Å². The van der Waals surface area contributed by atoms with Crippen molar-refractivity contribution in [2.45, 2.75) is 72.3 Å². The van der Waals surface area contributed by atoms with Gasteiger partial charge in [-0.2, -0.15) is 0 Å². The highest BCUT2D eigenvalue weighted by Crippen LogP contribution is 2.32. The van der Waals surface area contributed by atoms with Gasteiger partial charge in [0.05, 0.1) is 6.04 Å². The second-order valence-electron chi connectivity index (χ2n) is 7.68. The fourth-order valence-corrected chi connectivity index (χ4v) is 3.23. The summed E-state index contributed by atoms with van der Waals surface area (Å²) in [5.41, 5.74) is 0.628. The van der Waals surface area contributed by atoms with Crippen LogP contribution >= 0.6 is 0 Å². The van der Waals surface area contributed by atoms with Crippen LogP contribution in [0.3, 0.4) is 0 Å². The van der Waals surface area contributed by atoms with Gasteiger partial charge in [-0.3, -0.25) is 9.59 Å². The second-order valence-corrected chi connectivity index (χ2v) is 7.68. The molecule has 0 aliphatic heterocycles. The Balaban J connectivity index is 2.64. The average molecular weight is 338 g/mol. The Morgan fingerprint density at radius 3 is 2.54 bits per heavy atom. The summed E-state index contributed by atoms with van der Waals surface area (Å²) in [5, 5.41) is 15.4. The van der Waals surface area contributed by atoms with Gasteiger partial charge in [0.25, 0.3) is 0 Å². The van der Waals surface area contributed by atoms with Crippen LogP contribution < -0.4 is 10.6 Å². The molecule has 5 heteroatoms. The third kappa shape index (κ3) is 7.14. The van der Waals surface area contributed by atoms with Crippen molar-refractivity contribution >= 4 is 11.7 Å². The quantitative estimate of drug-likeness (QED) is 0.572. The van der Waals surface area contributed by atoms with Gasteiger partial charge in [0.15, 0.2) is 5.78 Å². The second kappa shape index (κ2) is 9.94. The molecule has 0 aromatic carbocycles. The van der Waals surface area contributed by atoms with E-state index < -0.39 is 0 Å². The third-order valence-electron chi connectivity index (χ3n) is 4.60. The van der Waals surface area contributed by atoms with Crippen molar-refractivity contribution in [3.05, 3.63) is 11.8 Å². The Bertz CT molecular complexity index is 458. The number of hydrogen-bond donors (Lipinski definition) is 3. The standard InChI is InChI=1S/C19H34N2O3/c1-5-7-17(20-13-14(6-2)8-9-22)18(24)21-15-10-16(23)12-19(3,4)11-15/h10,14,17,20,22H,5-9,11-13H2,1-4H3,(H,21,24)/t14?,17-/m0/s1. The molecule has 0 radical (unpaired) electrons. The van der Waals surface area contributed by atoms with Crippen molar-refractivity contribution < 1.29 is 14.7 Å². The number of carbonyl (C=O) groups is 2. The first-order chi connectivity index (χ1) is 11.3. The van der Waals surface area contributed by atoms with Gasteiger partial charge in [0.2, 0.25) is 5.91 Å². The van der Waals surface area contributed by atoms with E-state index in [1.807, 2.05) is 13.8 Å². The van der Waals surface area contributed by atoms with Gasteiger partial charge in [-0.15, -0.1) is 0 Å². The number of amides is 1. The predicted octanol–water partition coefficient (Wildman–Crippen LogP) is 2.54. The lowest BCUT2D eigenvalue weighted by atomic mass is 9.79. The largest absolute Gasteiger partial charge is 0.396 e. The highest BCUT2D eigenvalue weighted by atomic mass is 16.3. The van der Waals surface area contributed by atoms with Crippen LogP contribution in [0.5, 0.6) is 0 Å². The summed E-state index contributed by atoms with van der Waals surface area (Å²) in [4.78, 5) is 24.4. The van der Waals surface area contributed by atoms with Crippen LogP contribution in [0.2, 0.25) is 0 Å². The zero-order valence-corrected chi connectivity index (χ0v) is 15.7. The van der Waals surface area contributed by atoms with Gasteiger partial charge in [-0.1, -0.05) is 40.5 Å². The topological polar surface area (TPSA) is 78.4 Å². The van der Waals surface area contributed by atoms with E-state index in [-0.39, 0.29) is 29.8 Å². The van der Waals surface area contributed by atoms with Crippen molar-refractivity contribution in [1.29, 1.82) is 0 Å². The number of ketones is 1. The molecule has 0 saturated heterocycles. The zero-order valence-electron chi connectivity index (χ0n) is 15.7. The Labute approximate surface area is 146 Å². The van der Waals surface area contributed by atoms with E-state index in [1.54, 1.807) is 6.08 Å². The van der Waals surface area contributed by atoms with Gasteiger partial charge in [0.1, 0.15) is 0 Å². The molecule has 2 atom stereocenters. The van der Waals surface area contributed by atoms with E-state index in [0.717, 1.165) is 37.9 Å². The van der Waals surface area contributed by atoms with Crippen LogP contribution in [0.15, 0.2) is 11.8 Å². The first kappa shape index (κ1) is 20.8. The van der Waals surface area contributed by atoms with Crippen LogP contribution in [-0.2, 0) is 9.59 Å². The van der Waals surface area contributed by atoms with E-state index in [0.29, 0.717) is 18.8 Å². The smallest absolute Gasteiger partial charge is 0.241 e. The molecular formula is C19H34N2O3. The molecule has 1 aliphatic carbocycles. The fraction of sp³-hybridized carbons (Fsp3) is 0.789. The first-order valence-corrected chi connectivity index (χ1v) is 9.19. The minimum absolute atomic E-state index is 0.0625. The molecular weight excluding hydrogens is 304 g/mol. The average Bonchev–Trinajstić information content (AvgIpc) is 2.47. The van der Waals surface area contributed by atoms with Gasteiger partial charge >= 0.3 is 0 Å². The molecule has 0 bridgehead atoms. The molecule has 24 heavy (non-hydrogen) atoms. The van der Waals surface area contributed by atoms with E-state index in [4.69, 9.17) is 5.11 Å². The normalized spacial score (nSPS) is 19.5. The molecule has 1 unspecified atom stereocenters.